The van der Waals surface area contributed by atoms with Crippen LogP contribution in [0, 0.1) is 11.8 Å². The number of carbonyl (C=O) groups is 1. The number of fused-ring (bicyclic) bond motifs is 1. The van der Waals surface area contributed by atoms with E-state index in [1.165, 1.54) is 12.1 Å². The molecule has 10 heteroatoms. The number of nitrogens with zero attached hydrogens (tertiary/aromatic N) is 1. The molecule has 5 atom stereocenters. The molecule has 1 saturated carbocycles. The lowest BCUT2D eigenvalue weighted by molar-refractivity contribution is -0.142. The number of carboxylic acid groups (broad SMARTS) is 1. The molecule has 3 fully saturated rings. The van der Waals surface area contributed by atoms with Gasteiger partial charge in [-0.05, 0) is 87.4 Å². The molecule has 2 heterocycles. The van der Waals surface area contributed by atoms with E-state index in [0.29, 0.717) is 50.3 Å². The van der Waals surface area contributed by atoms with E-state index < -0.39 is 42.4 Å². The Labute approximate surface area is 219 Å². The van der Waals surface area contributed by atoms with E-state index in [2.05, 4.69) is 0 Å². The highest BCUT2D eigenvalue weighted by atomic mass is 19.4. The molecule has 0 bridgehead atoms. The molecule has 1 aromatic carbocycles. The third-order valence-corrected chi connectivity index (χ3v) is 8.97. The average Bonchev–Trinajstić information content (AvgIpc) is 3.27. The van der Waals surface area contributed by atoms with Gasteiger partial charge >= 0.3 is 18.3 Å². The van der Waals surface area contributed by atoms with Gasteiger partial charge in [0.05, 0.1) is 11.2 Å². The molecule has 1 aliphatic carbocycles. The van der Waals surface area contributed by atoms with Crippen molar-refractivity contribution in [2.75, 3.05) is 13.2 Å². The van der Waals surface area contributed by atoms with Crippen molar-refractivity contribution in [2.24, 2.45) is 11.8 Å². The quantitative estimate of drug-likeness (QED) is 0.320. The summed E-state index contributed by atoms with van der Waals surface area (Å²) in [4.78, 5) is 13.4. The fourth-order valence-electron chi connectivity index (χ4n) is 7.05. The van der Waals surface area contributed by atoms with E-state index >= 15 is 0 Å². The SMILES string of the molecule is O=C(O)CC1CCN(C(CCC(F)(F)F)CCC23CCCCC2CCO3)C(c2ccc(C(F)(F)F)cc2)C1. The summed E-state index contributed by atoms with van der Waals surface area (Å²) in [5, 5.41) is 9.33. The number of halogens is 6. The summed E-state index contributed by atoms with van der Waals surface area (Å²) < 4.78 is 85.8. The van der Waals surface area contributed by atoms with Gasteiger partial charge in [0, 0.05) is 31.5 Å². The van der Waals surface area contributed by atoms with Gasteiger partial charge in [0.1, 0.15) is 0 Å². The zero-order valence-electron chi connectivity index (χ0n) is 21.5. The largest absolute Gasteiger partial charge is 0.481 e. The van der Waals surface area contributed by atoms with E-state index in [0.717, 1.165) is 44.2 Å². The van der Waals surface area contributed by atoms with Gasteiger partial charge < -0.3 is 9.84 Å². The van der Waals surface area contributed by atoms with Crippen LogP contribution >= 0.6 is 0 Å². The van der Waals surface area contributed by atoms with Crippen molar-refractivity contribution in [3.8, 4) is 0 Å². The second kappa shape index (κ2) is 11.7. The van der Waals surface area contributed by atoms with Crippen LogP contribution < -0.4 is 0 Å². The zero-order valence-corrected chi connectivity index (χ0v) is 21.5. The van der Waals surface area contributed by atoms with Gasteiger partial charge in [-0.3, -0.25) is 9.69 Å². The molecule has 0 aromatic heterocycles. The first-order chi connectivity index (χ1) is 17.9. The Morgan fingerprint density at radius 2 is 1.79 bits per heavy atom. The van der Waals surface area contributed by atoms with E-state index in [9.17, 15) is 36.2 Å². The van der Waals surface area contributed by atoms with Crippen LogP contribution in [0.4, 0.5) is 26.3 Å². The monoisotopic (exact) mass is 549 g/mol. The Morgan fingerprint density at radius 1 is 1.05 bits per heavy atom. The minimum atomic E-state index is -4.50. The van der Waals surface area contributed by atoms with Gasteiger partial charge in [-0.15, -0.1) is 0 Å². The topological polar surface area (TPSA) is 49.8 Å². The first kappa shape index (κ1) is 29.2. The summed E-state index contributed by atoms with van der Waals surface area (Å²) in [7, 11) is 0. The lowest BCUT2D eigenvalue weighted by Gasteiger charge is -2.46. The summed E-state index contributed by atoms with van der Waals surface area (Å²) in [6.45, 7) is 1.08. The molecular weight excluding hydrogens is 512 g/mol. The molecular formula is C28H37F6NO3. The van der Waals surface area contributed by atoms with Gasteiger partial charge in [-0.1, -0.05) is 25.0 Å². The lowest BCUT2D eigenvalue weighted by atomic mass is 9.72. The molecule has 1 N–H and O–H groups in total. The number of likely N-dealkylation sites (tertiary alicyclic amines) is 1. The Hall–Kier alpha value is -1.81. The number of alkyl halides is 6. The van der Waals surface area contributed by atoms with Crippen molar-refractivity contribution in [1.82, 2.24) is 4.90 Å². The Bertz CT molecular complexity index is 934. The van der Waals surface area contributed by atoms with Gasteiger partial charge in [0.2, 0.25) is 0 Å². The Balaban J connectivity index is 1.59. The van der Waals surface area contributed by atoms with E-state index in [1.54, 1.807) is 0 Å². The molecule has 214 valence electrons. The minimum Gasteiger partial charge on any atom is -0.481 e. The summed E-state index contributed by atoms with van der Waals surface area (Å²) >= 11 is 0. The van der Waals surface area contributed by atoms with E-state index in [-0.39, 0.29) is 24.4 Å². The molecule has 0 radical (unpaired) electrons. The van der Waals surface area contributed by atoms with Gasteiger partial charge in [0.25, 0.3) is 0 Å². The number of ether oxygens (including phenoxy) is 1. The van der Waals surface area contributed by atoms with Gasteiger partial charge in [-0.25, -0.2) is 0 Å². The van der Waals surface area contributed by atoms with Crippen molar-refractivity contribution in [2.45, 2.75) is 107 Å². The molecule has 38 heavy (non-hydrogen) atoms. The van der Waals surface area contributed by atoms with Crippen LogP contribution in [0.15, 0.2) is 24.3 Å². The average molecular weight is 550 g/mol. The second-order valence-corrected chi connectivity index (χ2v) is 11.4. The minimum absolute atomic E-state index is 0.0726. The molecule has 1 aromatic rings. The molecule has 2 aliphatic heterocycles. The second-order valence-electron chi connectivity index (χ2n) is 11.4. The molecule has 3 aliphatic rings. The van der Waals surface area contributed by atoms with E-state index in [4.69, 9.17) is 4.74 Å². The maximum atomic E-state index is 13.4. The van der Waals surface area contributed by atoms with Crippen molar-refractivity contribution in [3.05, 3.63) is 35.4 Å². The van der Waals surface area contributed by atoms with Crippen molar-refractivity contribution in [3.63, 3.8) is 0 Å². The molecule has 0 amide bonds. The normalized spacial score (nSPS) is 29.7. The maximum Gasteiger partial charge on any atom is 0.416 e. The molecule has 4 nitrogen and oxygen atoms in total. The van der Waals surface area contributed by atoms with Crippen LogP contribution in [-0.4, -0.2) is 46.9 Å². The third-order valence-electron chi connectivity index (χ3n) is 8.97. The van der Waals surface area contributed by atoms with Crippen LogP contribution in [0.1, 0.15) is 94.2 Å². The van der Waals surface area contributed by atoms with Crippen LogP contribution in [-0.2, 0) is 15.7 Å². The van der Waals surface area contributed by atoms with E-state index in [1.807, 2.05) is 4.90 Å². The predicted octanol–water partition coefficient (Wildman–Crippen LogP) is 7.77. The van der Waals surface area contributed by atoms with Crippen LogP contribution in [0.2, 0.25) is 0 Å². The first-order valence-electron chi connectivity index (χ1n) is 13.7. The number of benzene rings is 1. The highest BCUT2D eigenvalue weighted by Crippen LogP contribution is 2.48. The summed E-state index contributed by atoms with van der Waals surface area (Å²) in [6.07, 6.45) is -2.73. The summed E-state index contributed by atoms with van der Waals surface area (Å²) in [5.41, 5.74) is -0.503. The number of rotatable bonds is 9. The highest BCUT2D eigenvalue weighted by Gasteiger charge is 2.46. The fourth-order valence-corrected chi connectivity index (χ4v) is 7.05. The Morgan fingerprint density at radius 3 is 2.45 bits per heavy atom. The lowest BCUT2D eigenvalue weighted by Crippen LogP contribution is -2.46. The number of hydrogen-bond acceptors (Lipinski definition) is 3. The van der Waals surface area contributed by atoms with Gasteiger partial charge in [0.15, 0.2) is 0 Å². The van der Waals surface area contributed by atoms with Crippen molar-refractivity contribution >= 4 is 5.97 Å². The molecule has 5 unspecified atom stereocenters. The van der Waals surface area contributed by atoms with Gasteiger partial charge in [-0.2, -0.15) is 26.3 Å². The number of piperidine rings is 1. The van der Waals surface area contributed by atoms with Crippen molar-refractivity contribution < 1.29 is 41.0 Å². The first-order valence-corrected chi connectivity index (χ1v) is 13.7. The van der Waals surface area contributed by atoms with Crippen molar-refractivity contribution in [1.29, 1.82) is 0 Å². The fraction of sp³-hybridized carbons (Fsp3) is 0.750. The summed E-state index contributed by atoms with van der Waals surface area (Å²) in [5.74, 6) is -0.727. The molecule has 0 spiro atoms. The standard InChI is InChI=1S/C28H37F6NO3/c29-27(30,31)14-9-23(8-13-26-12-2-1-3-21(26)11-16-38-26)35-15-10-19(18-25(36)37)17-24(35)20-4-6-22(7-5-20)28(32,33)34/h4-7,19,21,23-24H,1-3,8-18H2,(H,36,37). The highest BCUT2D eigenvalue weighted by molar-refractivity contribution is 5.67. The van der Waals surface area contributed by atoms with Crippen LogP contribution in [0.5, 0.6) is 0 Å². The Kier molecular flexibility index (Phi) is 9.02. The third kappa shape index (κ3) is 7.23. The number of aliphatic carboxylic acids is 1. The molecule has 4 rings (SSSR count). The predicted molar refractivity (Wildman–Crippen MR) is 129 cm³/mol. The number of hydrogen-bond donors (Lipinski definition) is 1. The summed E-state index contributed by atoms with van der Waals surface area (Å²) in [6, 6.07) is 3.89. The maximum absolute atomic E-state index is 13.4. The molecule has 2 saturated heterocycles. The smallest absolute Gasteiger partial charge is 0.416 e. The van der Waals surface area contributed by atoms with Crippen LogP contribution in [0.25, 0.3) is 0 Å². The zero-order chi connectivity index (χ0) is 27.6. The van der Waals surface area contributed by atoms with Crippen LogP contribution in [0.3, 0.4) is 0 Å². The number of carboxylic acids is 1.